The lowest BCUT2D eigenvalue weighted by Gasteiger charge is -2.13. The minimum Gasteiger partial charge on any atom is -0.465 e. The van der Waals surface area contributed by atoms with Crippen molar-refractivity contribution in [1.29, 1.82) is 0 Å². The van der Waals surface area contributed by atoms with E-state index >= 15 is 0 Å². The van der Waals surface area contributed by atoms with Crippen molar-refractivity contribution in [2.24, 2.45) is 0 Å². The van der Waals surface area contributed by atoms with Crippen molar-refractivity contribution in [3.05, 3.63) is 35.1 Å². The summed E-state index contributed by atoms with van der Waals surface area (Å²) in [6, 6.07) is 4.45. The molecule has 0 aromatic heterocycles. The Kier molecular flexibility index (Phi) is 4.00. The van der Waals surface area contributed by atoms with Crippen LogP contribution in [0.4, 0.5) is 9.18 Å². The maximum absolute atomic E-state index is 13.9. The summed E-state index contributed by atoms with van der Waals surface area (Å²) >= 11 is 0. The molecule has 2 amide bonds. The van der Waals surface area contributed by atoms with Gasteiger partial charge in [0.1, 0.15) is 5.82 Å². The lowest BCUT2D eigenvalue weighted by molar-refractivity contribution is 0.0933. The van der Waals surface area contributed by atoms with Gasteiger partial charge in [0.15, 0.2) is 0 Å². The third-order valence-electron chi connectivity index (χ3n) is 4.45. The first-order valence-electron chi connectivity index (χ1n) is 7.64. The lowest BCUT2D eigenvalue weighted by Crippen LogP contribution is -2.33. The fourth-order valence-electron chi connectivity index (χ4n) is 3.16. The molecule has 118 valence electrons. The highest BCUT2D eigenvalue weighted by molar-refractivity contribution is 5.95. The van der Waals surface area contributed by atoms with E-state index < -0.39 is 11.9 Å². The molecule has 0 spiro atoms. The van der Waals surface area contributed by atoms with Crippen LogP contribution in [0.15, 0.2) is 18.2 Å². The number of carbonyl (C=O) groups is 2. The van der Waals surface area contributed by atoms with Crippen LogP contribution in [0, 0.1) is 5.82 Å². The fraction of sp³-hybridized carbons (Fsp3) is 0.500. The first kappa shape index (κ1) is 14.8. The van der Waals surface area contributed by atoms with Crippen LogP contribution in [-0.4, -0.2) is 29.2 Å². The standard InChI is InChI=1S/C16H19FN2O3/c17-13-6-5-9(11-8-14(11)19-16(21)22)7-12(13)15(20)18-10-3-1-2-4-10/h5-7,10-11,14,19H,1-4,8H2,(H,18,20)(H,21,22)/t11-,14+/m0/s1. The lowest BCUT2D eigenvalue weighted by atomic mass is 10.0. The van der Waals surface area contributed by atoms with E-state index in [9.17, 15) is 14.0 Å². The van der Waals surface area contributed by atoms with Crippen LogP contribution in [0.2, 0.25) is 0 Å². The minimum absolute atomic E-state index is 0.0229. The quantitative estimate of drug-likeness (QED) is 0.800. The van der Waals surface area contributed by atoms with Crippen LogP contribution < -0.4 is 10.6 Å². The molecule has 2 fully saturated rings. The van der Waals surface area contributed by atoms with E-state index in [0.717, 1.165) is 31.2 Å². The predicted molar refractivity (Wildman–Crippen MR) is 78.4 cm³/mol. The van der Waals surface area contributed by atoms with Gasteiger partial charge in [-0.25, -0.2) is 9.18 Å². The van der Waals surface area contributed by atoms with Crippen molar-refractivity contribution in [3.63, 3.8) is 0 Å². The number of amides is 2. The topological polar surface area (TPSA) is 78.4 Å². The summed E-state index contributed by atoms with van der Waals surface area (Å²) < 4.78 is 13.9. The van der Waals surface area contributed by atoms with Crippen LogP contribution in [0.25, 0.3) is 0 Å². The molecule has 2 aliphatic carbocycles. The molecule has 0 heterocycles. The average molecular weight is 306 g/mol. The van der Waals surface area contributed by atoms with Crippen molar-refractivity contribution >= 4 is 12.0 Å². The Morgan fingerprint density at radius 1 is 1.18 bits per heavy atom. The maximum Gasteiger partial charge on any atom is 0.404 e. The van der Waals surface area contributed by atoms with Gasteiger partial charge in [0.25, 0.3) is 5.91 Å². The summed E-state index contributed by atoms with van der Waals surface area (Å²) in [5, 5.41) is 14.0. The molecule has 3 N–H and O–H groups in total. The van der Waals surface area contributed by atoms with Gasteiger partial charge < -0.3 is 15.7 Å². The first-order valence-corrected chi connectivity index (χ1v) is 7.64. The van der Waals surface area contributed by atoms with Crippen LogP contribution in [0.3, 0.4) is 0 Å². The number of rotatable bonds is 4. The summed E-state index contributed by atoms with van der Waals surface area (Å²) in [6.45, 7) is 0. The molecule has 22 heavy (non-hydrogen) atoms. The molecule has 6 heteroatoms. The summed E-state index contributed by atoms with van der Waals surface area (Å²) in [6.07, 6.45) is 3.70. The number of nitrogens with one attached hydrogen (secondary N) is 2. The van der Waals surface area contributed by atoms with Crippen molar-refractivity contribution in [2.45, 2.75) is 50.1 Å². The van der Waals surface area contributed by atoms with Gasteiger partial charge in [-0.1, -0.05) is 18.9 Å². The molecular weight excluding hydrogens is 287 g/mol. The summed E-state index contributed by atoms with van der Waals surface area (Å²) in [5.41, 5.74) is 0.849. The number of carboxylic acid groups (broad SMARTS) is 1. The van der Waals surface area contributed by atoms with Crippen molar-refractivity contribution < 1.29 is 19.1 Å². The average Bonchev–Trinajstić information content (AvgIpc) is 3.02. The molecule has 2 aliphatic rings. The van der Waals surface area contributed by atoms with E-state index in [1.165, 1.54) is 6.07 Å². The number of halogens is 1. The van der Waals surface area contributed by atoms with Crippen molar-refractivity contribution in [1.82, 2.24) is 10.6 Å². The van der Waals surface area contributed by atoms with Gasteiger partial charge in [-0.15, -0.1) is 0 Å². The van der Waals surface area contributed by atoms with Gasteiger partial charge >= 0.3 is 6.09 Å². The van der Waals surface area contributed by atoms with E-state index in [4.69, 9.17) is 5.11 Å². The second-order valence-corrected chi connectivity index (χ2v) is 6.09. The second-order valence-electron chi connectivity index (χ2n) is 6.09. The highest BCUT2D eigenvalue weighted by Crippen LogP contribution is 2.41. The normalized spacial score (nSPS) is 24.0. The third-order valence-corrected chi connectivity index (χ3v) is 4.45. The van der Waals surface area contributed by atoms with E-state index in [-0.39, 0.29) is 29.5 Å². The van der Waals surface area contributed by atoms with E-state index in [0.29, 0.717) is 6.42 Å². The van der Waals surface area contributed by atoms with Gasteiger partial charge in [0.2, 0.25) is 0 Å². The zero-order valence-electron chi connectivity index (χ0n) is 12.1. The van der Waals surface area contributed by atoms with Crippen LogP contribution in [0.5, 0.6) is 0 Å². The SMILES string of the molecule is O=C(O)N[C@@H]1C[C@H]1c1ccc(F)c(C(=O)NC2CCCC2)c1. The van der Waals surface area contributed by atoms with Crippen molar-refractivity contribution in [3.8, 4) is 0 Å². The van der Waals surface area contributed by atoms with E-state index in [2.05, 4.69) is 10.6 Å². The fourth-order valence-corrected chi connectivity index (χ4v) is 3.16. The monoisotopic (exact) mass is 306 g/mol. The highest BCUT2D eigenvalue weighted by atomic mass is 19.1. The maximum atomic E-state index is 13.9. The van der Waals surface area contributed by atoms with E-state index in [1.807, 2.05) is 0 Å². The smallest absolute Gasteiger partial charge is 0.404 e. The molecule has 0 saturated heterocycles. The molecule has 0 unspecified atom stereocenters. The molecule has 0 radical (unpaired) electrons. The molecule has 2 saturated carbocycles. The molecule has 5 nitrogen and oxygen atoms in total. The van der Waals surface area contributed by atoms with Gasteiger partial charge in [-0.05, 0) is 37.0 Å². The van der Waals surface area contributed by atoms with Gasteiger partial charge in [0.05, 0.1) is 5.56 Å². The second kappa shape index (κ2) is 5.94. The van der Waals surface area contributed by atoms with Crippen LogP contribution in [-0.2, 0) is 0 Å². The minimum atomic E-state index is -1.06. The largest absolute Gasteiger partial charge is 0.465 e. The van der Waals surface area contributed by atoms with Gasteiger partial charge in [-0.3, -0.25) is 4.79 Å². The molecule has 0 aliphatic heterocycles. The zero-order chi connectivity index (χ0) is 15.7. The Balaban J connectivity index is 1.70. The molecule has 0 bridgehead atoms. The van der Waals surface area contributed by atoms with Crippen LogP contribution in [0.1, 0.15) is 53.9 Å². The summed E-state index contributed by atoms with van der Waals surface area (Å²) in [7, 11) is 0. The Hall–Kier alpha value is -2.11. The number of carbonyl (C=O) groups excluding carboxylic acids is 1. The Bertz CT molecular complexity index is 599. The van der Waals surface area contributed by atoms with Gasteiger partial charge in [-0.2, -0.15) is 0 Å². The Morgan fingerprint density at radius 3 is 2.59 bits per heavy atom. The van der Waals surface area contributed by atoms with Gasteiger partial charge in [0, 0.05) is 18.0 Å². The Labute approximate surface area is 127 Å². The molecule has 2 atom stereocenters. The summed E-state index contributed by atoms with van der Waals surface area (Å²) in [5.74, 6) is -0.896. The van der Waals surface area contributed by atoms with E-state index in [1.54, 1.807) is 12.1 Å². The number of benzene rings is 1. The number of hydrogen-bond donors (Lipinski definition) is 3. The Morgan fingerprint density at radius 2 is 1.91 bits per heavy atom. The molecule has 3 rings (SSSR count). The number of hydrogen-bond acceptors (Lipinski definition) is 2. The molecule has 1 aromatic rings. The third kappa shape index (κ3) is 3.21. The first-order chi connectivity index (χ1) is 10.5. The van der Waals surface area contributed by atoms with Crippen LogP contribution >= 0.6 is 0 Å². The highest BCUT2D eigenvalue weighted by Gasteiger charge is 2.40. The molecular formula is C16H19FN2O3. The van der Waals surface area contributed by atoms with Crippen molar-refractivity contribution in [2.75, 3.05) is 0 Å². The summed E-state index contributed by atoms with van der Waals surface area (Å²) in [4.78, 5) is 22.8. The predicted octanol–water partition coefficient (Wildman–Crippen LogP) is 2.62. The zero-order valence-corrected chi connectivity index (χ0v) is 12.1. The molecule has 1 aromatic carbocycles.